The molecule has 0 radical (unpaired) electrons. The molecule has 4 aromatic heterocycles. The lowest BCUT2D eigenvalue weighted by atomic mass is 9.96. The van der Waals surface area contributed by atoms with Crippen molar-refractivity contribution in [1.82, 2.24) is 8.80 Å². The van der Waals surface area contributed by atoms with Gasteiger partial charge in [-0.2, -0.15) is 0 Å². The molecule has 0 aliphatic heterocycles. The molecule has 0 aliphatic carbocycles. The highest BCUT2D eigenvalue weighted by atomic mass is 15.2. The Balaban J connectivity index is 0.935. The highest BCUT2D eigenvalue weighted by Gasteiger charge is 2.29. The molecule has 17 rings (SSSR count). The Hall–Kier alpha value is -10.9. The van der Waals surface area contributed by atoms with E-state index in [-0.39, 0.29) is 35.5 Å². The molecule has 0 amide bonds. The third kappa shape index (κ3) is 6.92. The number of aromatic nitrogens is 2. The average molecular weight is 1050 g/mol. The topological polar surface area (TPSA) is 15.3 Å². The second-order valence-corrected chi connectivity index (χ2v) is 20.8. The molecule has 13 aromatic carbocycles. The summed E-state index contributed by atoms with van der Waals surface area (Å²) in [4.78, 5) is 3.77. The van der Waals surface area contributed by atoms with Gasteiger partial charge in [0.15, 0.2) is 0 Å². The van der Waals surface area contributed by atoms with E-state index in [1.807, 2.05) is 155 Å². The van der Waals surface area contributed by atoms with Gasteiger partial charge in [-0.25, -0.2) is 0 Å². The third-order valence-corrected chi connectivity index (χ3v) is 16.5. The van der Waals surface area contributed by atoms with Crippen LogP contribution in [0.1, 0.15) is 13.7 Å². The highest BCUT2D eigenvalue weighted by molar-refractivity contribution is 6.31. The van der Waals surface area contributed by atoms with Crippen LogP contribution in [0.15, 0.2) is 303 Å². The lowest BCUT2D eigenvalue weighted by Gasteiger charge is -2.29. The van der Waals surface area contributed by atoms with E-state index >= 15 is 0 Å². The van der Waals surface area contributed by atoms with Crippen LogP contribution in [-0.4, -0.2) is 8.80 Å². The number of fused-ring (bicyclic) bond motifs is 12. The molecule has 0 bridgehead atoms. The minimum absolute atomic E-state index is 0.0254. The Morgan fingerprint density at radius 3 is 1.02 bits per heavy atom. The van der Waals surface area contributed by atoms with Crippen LogP contribution < -0.4 is 9.80 Å². The molecule has 0 spiro atoms. The number of hydrogen-bond acceptors (Lipinski definition) is 2. The molecule has 4 heteroatoms. The molecule has 4 nitrogen and oxygen atoms in total. The van der Waals surface area contributed by atoms with Crippen LogP contribution in [0.3, 0.4) is 0 Å². The maximum absolute atomic E-state index is 9.66. The summed E-state index contributed by atoms with van der Waals surface area (Å²) in [7, 11) is 0. The van der Waals surface area contributed by atoms with Crippen LogP contribution in [0.2, 0.25) is 0 Å². The third-order valence-electron chi connectivity index (χ3n) is 16.5. The van der Waals surface area contributed by atoms with Gasteiger partial charge < -0.3 is 18.6 Å². The summed E-state index contributed by atoms with van der Waals surface area (Å²) in [6.45, 7) is 0. The van der Waals surface area contributed by atoms with Gasteiger partial charge >= 0.3 is 0 Å². The number of anilines is 6. The van der Waals surface area contributed by atoms with E-state index in [4.69, 9.17) is 8.22 Å². The molecule has 82 heavy (non-hydrogen) atoms. The largest absolute Gasteiger partial charge is 0.309 e. The lowest BCUT2D eigenvalue weighted by molar-refractivity contribution is 1.29. The van der Waals surface area contributed by atoms with E-state index < -0.39 is 36.3 Å². The molecule has 382 valence electrons. The lowest BCUT2D eigenvalue weighted by Crippen LogP contribution is -2.12. The van der Waals surface area contributed by atoms with E-state index in [0.717, 1.165) is 121 Å². The van der Waals surface area contributed by atoms with Crippen LogP contribution in [0, 0.1) is 0 Å². The fourth-order valence-corrected chi connectivity index (χ4v) is 13.1. The van der Waals surface area contributed by atoms with E-state index in [0.29, 0.717) is 22.7 Å². The minimum Gasteiger partial charge on any atom is -0.309 e. The van der Waals surface area contributed by atoms with Gasteiger partial charge in [0, 0.05) is 65.6 Å². The molecular formula is C78H50N4. The van der Waals surface area contributed by atoms with Crippen molar-refractivity contribution in [3.8, 4) is 44.5 Å². The summed E-state index contributed by atoms with van der Waals surface area (Å²) in [6, 6.07) is 77.7. The zero-order valence-electron chi connectivity index (χ0n) is 53.9. The van der Waals surface area contributed by atoms with Crippen LogP contribution in [-0.2, 0) is 0 Å². The molecule has 0 aliphatic rings. The van der Waals surface area contributed by atoms with Gasteiger partial charge in [-0.3, -0.25) is 0 Å². The van der Waals surface area contributed by atoms with Crippen molar-refractivity contribution in [3.63, 3.8) is 0 Å². The molecule has 0 atom stereocenters. The van der Waals surface area contributed by atoms with Gasteiger partial charge in [-0.1, -0.05) is 230 Å². The monoisotopic (exact) mass is 1050 g/mol. The van der Waals surface area contributed by atoms with E-state index in [1.54, 1.807) is 0 Å². The molecule has 0 fully saturated rings. The molecule has 0 saturated carbocycles. The number of benzene rings is 13. The van der Waals surface area contributed by atoms with Gasteiger partial charge in [0.25, 0.3) is 0 Å². The molecule has 4 heterocycles. The van der Waals surface area contributed by atoms with Gasteiger partial charge in [0.05, 0.1) is 69.6 Å². The van der Waals surface area contributed by atoms with E-state index in [1.165, 1.54) is 0 Å². The van der Waals surface area contributed by atoms with Crippen molar-refractivity contribution in [2.24, 2.45) is 0 Å². The van der Waals surface area contributed by atoms with E-state index in [2.05, 4.69) is 106 Å². The fraction of sp³-hybridized carbons (Fsp3) is 0. The molecule has 0 N–H and O–H groups in total. The van der Waals surface area contributed by atoms with Gasteiger partial charge in [0.2, 0.25) is 0 Å². The first-order valence-electron chi connectivity index (χ1n) is 32.4. The summed E-state index contributed by atoms with van der Waals surface area (Å²) in [5.41, 5.74) is 15.3. The second-order valence-electron chi connectivity index (χ2n) is 20.8. The van der Waals surface area contributed by atoms with Gasteiger partial charge in [0.1, 0.15) is 0 Å². The highest BCUT2D eigenvalue weighted by Crippen LogP contribution is 2.52. The standard InChI is InChI=1S/C78H50N4/c1-7-23-51(24-8-1)55-43-45-59(53-27-11-3-12-28-53)71(47-55)79(57-31-15-5-16-32-57)67-39-21-41-69-75(67)63-37-19-35-61-65-50-74-66(49-73(65)81(69)77(61)63)62-36-20-38-64-76-68(40-22-42-70(76)82(74)78(62)64)80(58-33-17-6-18-34-58)72-48-56(52-25-9-2-10-26-52)44-46-60(72)54-29-13-4-14-30-54/h1-50H/i5D,6D,15D,16D,17D,18D,31D,32D,33D,34D. The Morgan fingerprint density at radius 2 is 0.622 bits per heavy atom. The first-order valence-corrected chi connectivity index (χ1v) is 27.4. The Kier molecular flexibility index (Phi) is 8.27. The van der Waals surface area contributed by atoms with Crippen molar-refractivity contribution >= 4 is 110 Å². The molecular weight excluding hydrogens is 993 g/mol. The smallest absolute Gasteiger partial charge is 0.0645 e. The van der Waals surface area contributed by atoms with Crippen molar-refractivity contribution in [3.05, 3.63) is 303 Å². The summed E-state index contributed by atoms with van der Waals surface area (Å²) < 4.78 is 97.1. The van der Waals surface area contributed by atoms with Crippen molar-refractivity contribution < 1.29 is 13.7 Å². The molecule has 0 unspecified atom stereocenters. The van der Waals surface area contributed by atoms with Crippen LogP contribution >= 0.6 is 0 Å². The van der Waals surface area contributed by atoms with Crippen molar-refractivity contribution in [2.45, 2.75) is 0 Å². The van der Waals surface area contributed by atoms with Gasteiger partial charge in [-0.15, -0.1) is 0 Å². The summed E-state index contributed by atoms with van der Waals surface area (Å²) in [5, 5.41) is 7.52. The average Bonchev–Trinajstić information content (AvgIpc) is 1.51. The van der Waals surface area contributed by atoms with Crippen molar-refractivity contribution in [1.29, 1.82) is 0 Å². The maximum atomic E-state index is 9.66. The Morgan fingerprint density at radius 1 is 0.256 bits per heavy atom. The first kappa shape index (κ1) is 37.0. The Labute approximate surface area is 488 Å². The number of hydrogen-bond donors (Lipinski definition) is 0. The predicted octanol–water partition coefficient (Wildman–Crippen LogP) is 21.6. The van der Waals surface area contributed by atoms with Crippen LogP contribution in [0.5, 0.6) is 0 Å². The zero-order valence-corrected chi connectivity index (χ0v) is 43.9. The van der Waals surface area contributed by atoms with Crippen LogP contribution in [0.4, 0.5) is 34.1 Å². The maximum Gasteiger partial charge on any atom is 0.0645 e. The fourth-order valence-electron chi connectivity index (χ4n) is 13.1. The summed E-state index contributed by atoms with van der Waals surface area (Å²) >= 11 is 0. The number of para-hydroxylation sites is 4. The summed E-state index contributed by atoms with van der Waals surface area (Å²) in [6.07, 6.45) is 0. The first-order chi connectivity index (χ1) is 44.9. The SMILES string of the molecule is [2H]c1c([2H])c([2H])c(N(c2cc(-c3ccccc3)ccc2-c2ccccc2)c2cccc3c2c2cccc4c5cc6c(cc5n3c42)c2cccc3c4c(N(c5cc(-c7ccccc7)ccc5-c5ccccc5)c5c([2H])c([2H])c([2H])c([2H])c5[2H])cccc4n6c23)c([2H])c1[2H]. The Bertz CT molecular complexity index is 5470. The zero-order chi connectivity index (χ0) is 62.5. The normalized spacial score (nSPS) is 13.6. The second kappa shape index (κ2) is 18.3. The minimum atomic E-state index is -0.476. The molecule has 0 saturated heterocycles. The predicted molar refractivity (Wildman–Crippen MR) is 347 cm³/mol. The van der Waals surface area contributed by atoms with Crippen LogP contribution in [0.25, 0.3) is 121 Å². The molecule has 17 aromatic rings. The number of rotatable bonds is 10. The summed E-state index contributed by atoms with van der Waals surface area (Å²) in [5.74, 6) is 0. The van der Waals surface area contributed by atoms with E-state index in [9.17, 15) is 5.48 Å². The van der Waals surface area contributed by atoms with Gasteiger partial charge in [-0.05, 0) is 106 Å². The number of nitrogens with zero attached hydrogens (tertiary/aromatic N) is 4. The van der Waals surface area contributed by atoms with Crippen molar-refractivity contribution in [2.75, 3.05) is 9.80 Å². The quantitative estimate of drug-likeness (QED) is 0.136.